The third-order valence-corrected chi connectivity index (χ3v) is 4.18. The van der Waals surface area contributed by atoms with Gasteiger partial charge in [-0.05, 0) is 42.5 Å². The molecule has 0 aromatic heterocycles. The molecule has 0 heterocycles. The number of benzene rings is 1. The van der Waals surface area contributed by atoms with Gasteiger partial charge < -0.3 is 10.7 Å². The molecule has 1 aliphatic carbocycles. The van der Waals surface area contributed by atoms with E-state index < -0.39 is 0 Å². The van der Waals surface area contributed by atoms with Crippen molar-refractivity contribution in [2.45, 2.75) is 31.7 Å². The minimum absolute atomic E-state index is 0.399. The Kier molecular flexibility index (Phi) is 5.52. The third-order valence-electron chi connectivity index (χ3n) is 3.68. The van der Waals surface area contributed by atoms with Gasteiger partial charge >= 0.3 is 0 Å². The summed E-state index contributed by atoms with van der Waals surface area (Å²) >= 11 is 3.43. The second-order valence-corrected chi connectivity index (χ2v) is 6.04. The highest BCUT2D eigenvalue weighted by Gasteiger charge is 2.21. The summed E-state index contributed by atoms with van der Waals surface area (Å²) in [6, 6.07) is 6.35. The monoisotopic (exact) mass is 338 g/mol. The van der Waals surface area contributed by atoms with Crippen molar-refractivity contribution in [3.63, 3.8) is 0 Å². The van der Waals surface area contributed by atoms with Crippen molar-refractivity contribution in [2.24, 2.45) is 16.9 Å². The second-order valence-electron chi connectivity index (χ2n) is 5.12. The molecule has 1 fully saturated rings. The van der Waals surface area contributed by atoms with Crippen molar-refractivity contribution < 1.29 is 0 Å². The van der Waals surface area contributed by atoms with Gasteiger partial charge in [0.2, 0.25) is 0 Å². The van der Waals surface area contributed by atoms with Crippen LogP contribution in [-0.2, 0) is 0 Å². The maximum absolute atomic E-state index is 8.41. The summed E-state index contributed by atoms with van der Waals surface area (Å²) < 4.78 is 0.987. The van der Waals surface area contributed by atoms with Crippen LogP contribution in [0.1, 0.15) is 25.7 Å². The molecule has 0 aliphatic heterocycles. The molecular formula is C13H19BrN6. The lowest BCUT2D eigenvalue weighted by atomic mass is 9.85. The van der Waals surface area contributed by atoms with E-state index in [1.54, 1.807) is 0 Å². The molecule has 0 bridgehead atoms. The molecule has 0 saturated heterocycles. The molecule has 6 nitrogen and oxygen atoms in total. The van der Waals surface area contributed by atoms with Gasteiger partial charge in [0.15, 0.2) is 0 Å². The Labute approximate surface area is 126 Å². The lowest BCUT2D eigenvalue weighted by Crippen LogP contribution is -2.29. The molecule has 2 atom stereocenters. The number of nitrogen functional groups attached to an aromatic ring is 1. The number of azide groups is 1. The van der Waals surface area contributed by atoms with Crippen molar-refractivity contribution in [1.29, 1.82) is 0 Å². The quantitative estimate of drug-likeness (QED) is 0.248. The zero-order chi connectivity index (χ0) is 14.4. The minimum atomic E-state index is 0.399. The Balaban J connectivity index is 2.00. The van der Waals surface area contributed by atoms with Gasteiger partial charge in [-0.1, -0.05) is 33.9 Å². The van der Waals surface area contributed by atoms with Crippen LogP contribution in [-0.4, -0.2) is 12.6 Å². The van der Waals surface area contributed by atoms with Crippen LogP contribution in [0, 0.1) is 5.92 Å². The zero-order valence-electron chi connectivity index (χ0n) is 11.2. The third kappa shape index (κ3) is 4.03. The average molecular weight is 339 g/mol. The lowest BCUT2D eigenvalue weighted by molar-refractivity contribution is 0.342. The molecule has 0 spiro atoms. The summed E-state index contributed by atoms with van der Waals surface area (Å²) in [5, 5.41) is 7.23. The Morgan fingerprint density at radius 2 is 2.25 bits per heavy atom. The maximum atomic E-state index is 8.41. The summed E-state index contributed by atoms with van der Waals surface area (Å²) in [7, 11) is 0. The highest BCUT2D eigenvalue weighted by molar-refractivity contribution is 9.10. The Bertz CT molecular complexity index is 500. The Morgan fingerprint density at radius 3 is 3.00 bits per heavy atom. The van der Waals surface area contributed by atoms with Crippen LogP contribution >= 0.6 is 15.9 Å². The largest absolute Gasteiger partial charge is 0.381 e. The molecule has 1 aliphatic rings. The predicted molar refractivity (Wildman–Crippen MR) is 85.3 cm³/mol. The van der Waals surface area contributed by atoms with Crippen LogP contribution in [0.3, 0.4) is 0 Å². The van der Waals surface area contributed by atoms with E-state index in [0.717, 1.165) is 41.5 Å². The van der Waals surface area contributed by atoms with E-state index in [2.05, 4.69) is 36.7 Å². The number of nitrogens with one attached hydrogen (secondary N) is 2. The lowest BCUT2D eigenvalue weighted by Gasteiger charge is -2.30. The van der Waals surface area contributed by atoms with Crippen LogP contribution < -0.4 is 16.6 Å². The van der Waals surface area contributed by atoms with E-state index in [-0.39, 0.29) is 0 Å². The molecule has 1 saturated carbocycles. The maximum Gasteiger partial charge on any atom is 0.0729 e. The van der Waals surface area contributed by atoms with Gasteiger partial charge in [0.25, 0.3) is 0 Å². The summed E-state index contributed by atoms with van der Waals surface area (Å²) in [4.78, 5) is 2.85. The van der Waals surface area contributed by atoms with E-state index >= 15 is 0 Å². The number of hydrogen-bond acceptors (Lipinski definition) is 4. The first kappa shape index (κ1) is 15.0. The molecule has 20 heavy (non-hydrogen) atoms. The van der Waals surface area contributed by atoms with E-state index in [9.17, 15) is 0 Å². The van der Waals surface area contributed by atoms with Crippen LogP contribution in [0.15, 0.2) is 27.8 Å². The minimum Gasteiger partial charge on any atom is -0.381 e. The summed E-state index contributed by atoms with van der Waals surface area (Å²) in [5.74, 6) is 6.03. The van der Waals surface area contributed by atoms with Crippen LogP contribution in [0.2, 0.25) is 0 Å². The fourth-order valence-corrected chi connectivity index (χ4v) is 3.08. The van der Waals surface area contributed by atoms with Crippen molar-refractivity contribution in [2.75, 3.05) is 17.3 Å². The normalized spacial score (nSPS) is 21.9. The Hall–Kier alpha value is -1.43. The van der Waals surface area contributed by atoms with Crippen molar-refractivity contribution in [3.8, 4) is 0 Å². The van der Waals surface area contributed by atoms with Gasteiger partial charge in [-0.15, -0.1) is 0 Å². The van der Waals surface area contributed by atoms with Crippen LogP contribution in [0.25, 0.3) is 10.4 Å². The molecule has 108 valence electrons. The van der Waals surface area contributed by atoms with E-state index in [4.69, 9.17) is 11.4 Å². The molecular weight excluding hydrogens is 320 g/mol. The highest BCUT2D eigenvalue weighted by Crippen LogP contribution is 2.31. The molecule has 0 amide bonds. The molecule has 2 rings (SSSR count). The van der Waals surface area contributed by atoms with Gasteiger partial charge in [0.05, 0.1) is 11.4 Å². The number of anilines is 2. The van der Waals surface area contributed by atoms with Gasteiger partial charge in [-0.25, -0.2) is 0 Å². The number of hydrogen-bond donors (Lipinski definition) is 3. The van der Waals surface area contributed by atoms with Crippen LogP contribution in [0.5, 0.6) is 0 Å². The molecule has 1 aromatic carbocycles. The number of nitrogens with zero attached hydrogens (tertiary/aromatic N) is 3. The number of halogens is 1. The molecule has 0 radical (unpaired) electrons. The first-order chi connectivity index (χ1) is 9.72. The van der Waals surface area contributed by atoms with Crippen molar-refractivity contribution in [1.82, 2.24) is 0 Å². The first-order valence-electron chi connectivity index (χ1n) is 6.76. The highest BCUT2D eigenvalue weighted by atomic mass is 79.9. The zero-order valence-corrected chi connectivity index (χ0v) is 12.8. The smallest absolute Gasteiger partial charge is 0.0729 e. The predicted octanol–water partition coefficient (Wildman–Crippen LogP) is 4.02. The SMILES string of the molecule is [N-]=[N+]=NC[C@@H]1CCC[C@H](Nc2ccc(Br)cc2NN)C1. The summed E-state index contributed by atoms with van der Waals surface area (Å²) in [6.07, 6.45) is 4.46. The summed E-state index contributed by atoms with van der Waals surface area (Å²) in [5.41, 5.74) is 13.0. The van der Waals surface area contributed by atoms with Crippen molar-refractivity contribution in [3.05, 3.63) is 33.1 Å². The molecule has 0 unspecified atom stereocenters. The fourth-order valence-electron chi connectivity index (χ4n) is 2.72. The van der Waals surface area contributed by atoms with Gasteiger partial charge in [0, 0.05) is 22.0 Å². The topological polar surface area (TPSA) is 98.8 Å². The second kappa shape index (κ2) is 7.38. The fraction of sp³-hybridized carbons (Fsp3) is 0.538. The molecule has 4 N–H and O–H groups in total. The van der Waals surface area contributed by atoms with E-state index in [0.29, 0.717) is 18.5 Å². The Morgan fingerprint density at radius 1 is 1.40 bits per heavy atom. The molecule has 7 heteroatoms. The average Bonchev–Trinajstić information content (AvgIpc) is 2.47. The van der Waals surface area contributed by atoms with Gasteiger partial charge in [-0.3, -0.25) is 5.84 Å². The standard InChI is InChI=1S/C13H19BrN6/c14-10-4-5-12(13(7-10)19-15)18-11-3-1-2-9(6-11)8-17-20-16/h4-5,7,9,11,18-19H,1-3,6,8,15H2/t9-,11+/m1/s1. The summed E-state index contributed by atoms with van der Waals surface area (Å²) in [6.45, 7) is 0.594. The number of rotatable bonds is 5. The first-order valence-corrected chi connectivity index (χ1v) is 7.55. The number of nitrogens with two attached hydrogens (primary N) is 1. The van der Waals surface area contributed by atoms with Crippen molar-refractivity contribution >= 4 is 27.3 Å². The van der Waals surface area contributed by atoms with Gasteiger partial charge in [-0.2, -0.15) is 0 Å². The van der Waals surface area contributed by atoms with E-state index in [1.807, 2.05) is 18.2 Å². The van der Waals surface area contributed by atoms with E-state index in [1.165, 1.54) is 0 Å². The van der Waals surface area contributed by atoms with Crippen LogP contribution in [0.4, 0.5) is 11.4 Å². The molecule has 1 aromatic rings. The number of hydrazine groups is 1. The van der Waals surface area contributed by atoms with Gasteiger partial charge in [0.1, 0.15) is 0 Å².